The molecular weight excluding hydrogens is 556 g/mol. The number of hydrogen-bond acceptors (Lipinski definition) is 1. The zero-order valence-electron chi connectivity index (χ0n) is 24.9. The molecule has 0 atom stereocenters. The minimum absolute atomic E-state index is 1.18. The van der Waals surface area contributed by atoms with Crippen molar-refractivity contribution in [2.75, 3.05) is 4.90 Å². The molecule has 1 aromatic heterocycles. The van der Waals surface area contributed by atoms with Gasteiger partial charge in [-0.25, -0.2) is 0 Å². The predicted octanol–water partition coefficient (Wildman–Crippen LogP) is 12.2. The molecule has 46 heavy (non-hydrogen) atoms. The highest BCUT2D eigenvalue weighted by atomic mass is 15.2. The summed E-state index contributed by atoms with van der Waals surface area (Å²) in [5.74, 6) is 0. The summed E-state index contributed by atoms with van der Waals surface area (Å²) >= 11 is 0. The molecule has 0 bridgehead atoms. The largest absolute Gasteiger partial charge is 0.309 e. The van der Waals surface area contributed by atoms with Crippen LogP contribution in [-0.2, 0) is 0 Å². The van der Waals surface area contributed by atoms with Crippen molar-refractivity contribution in [2.24, 2.45) is 0 Å². The first-order valence-electron chi connectivity index (χ1n) is 16.0. The lowest BCUT2D eigenvalue weighted by atomic mass is 9.81. The highest BCUT2D eigenvalue weighted by Gasteiger charge is 2.33. The third-order valence-corrected chi connectivity index (χ3v) is 10.2. The second kappa shape index (κ2) is 8.74. The maximum absolute atomic E-state index is 2.52. The van der Waals surface area contributed by atoms with Crippen molar-refractivity contribution in [2.45, 2.75) is 0 Å². The van der Waals surface area contributed by atoms with E-state index in [2.05, 4.69) is 167 Å². The molecule has 9 aromatic rings. The number of nitrogens with zero attached hydrogens (tertiary/aromatic N) is 2. The lowest BCUT2D eigenvalue weighted by Gasteiger charge is -2.39. The zero-order chi connectivity index (χ0) is 29.9. The monoisotopic (exact) mass is 582 g/mol. The van der Waals surface area contributed by atoms with E-state index in [-0.39, 0.29) is 0 Å². The van der Waals surface area contributed by atoms with Gasteiger partial charge in [-0.15, -0.1) is 0 Å². The summed E-state index contributed by atoms with van der Waals surface area (Å²) in [6.07, 6.45) is 0. The van der Waals surface area contributed by atoms with Crippen molar-refractivity contribution in [3.8, 4) is 39.1 Å². The van der Waals surface area contributed by atoms with Crippen LogP contribution in [-0.4, -0.2) is 4.57 Å². The standard InChI is InChI=1S/C44H26N2/c1-2-12-29(13-3-1)45-38-17-6-5-15-32(38)37-26-28(20-25-40(37)45)30-21-22-35-31-14-4-7-18-39(31)46-41-19-9-11-27-10-8-16-33(42(27)41)36-24-23-34(30)43(35)44(36)46/h1-26H. The van der Waals surface area contributed by atoms with E-state index in [1.807, 2.05) is 0 Å². The molecule has 3 heterocycles. The Morgan fingerprint density at radius 3 is 2.00 bits per heavy atom. The Bertz CT molecular complexity index is 2740. The Morgan fingerprint density at radius 1 is 0.370 bits per heavy atom. The Morgan fingerprint density at radius 2 is 1.07 bits per heavy atom. The first-order valence-corrected chi connectivity index (χ1v) is 16.0. The van der Waals surface area contributed by atoms with Crippen LogP contribution in [0.5, 0.6) is 0 Å². The molecule has 2 aliphatic heterocycles. The van der Waals surface area contributed by atoms with Gasteiger partial charge in [0.05, 0.1) is 28.1 Å². The van der Waals surface area contributed by atoms with Crippen LogP contribution in [0, 0.1) is 0 Å². The van der Waals surface area contributed by atoms with Crippen LogP contribution >= 0.6 is 0 Å². The van der Waals surface area contributed by atoms with Gasteiger partial charge in [-0.1, -0.05) is 115 Å². The van der Waals surface area contributed by atoms with Crippen LogP contribution in [0.4, 0.5) is 17.1 Å². The smallest absolute Gasteiger partial charge is 0.0625 e. The molecule has 11 rings (SSSR count). The number of benzene rings is 8. The van der Waals surface area contributed by atoms with Gasteiger partial charge in [0.15, 0.2) is 0 Å². The topological polar surface area (TPSA) is 8.17 Å². The van der Waals surface area contributed by atoms with Gasteiger partial charge in [-0.3, -0.25) is 0 Å². The predicted molar refractivity (Wildman–Crippen MR) is 194 cm³/mol. The molecule has 2 aliphatic rings. The van der Waals surface area contributed by atoms with Gasteiger partial charge in [0.1, 0.15) is 0 Å². The number of anilines is 3. The third kappa shape index (κ3) is 3.01. The number of hydrogen-bond donors (Lipinski definition) is 0. The molecule has 212 valence electrons. The molecule has 0 radical (unpaired) electrons. The average molecular weight is 583 g/mol. The second-order valence-electron chi connectivity index (χ2n) is 12.5. The van der Waals surface area contributed by atoms with Crippen LogP contribution in [0.25, 0.3) is 82.4 Å². The Kier molecular flexibility index (Phi) is 4.61. The van der Waals surface area contributed by atoms with Gasteiger partial charge < -0.3 is 9.47 Å². The minimum atomic E-state index is 1.18. The Balaban J connectivity index is 1.22. The molecule has 2 nitrogen and oxygen atoms in total. The first kappa shape index (κ1) is 24.2. The number of rotatable bonds is 2. The summed E-state index contributed by atoms with van der Waals surface area (Å²) in [5.41, 5.74) is 15.1. The molecule has 0 amide bonds. The molecule has 0 fully saturated rings. The van der Waals surface area contributed by atoms with Crippen molar-refractivity contribution in [3.63, 3.8) is 0 Å². The van der Waals surface area contributed by atoms with E-state index < -0.39 is 0 Å². The fourth-order valence-electron chi connectivity index (χ4n) is 8.35. The van der Waals surface area contributed by atoms with E-state index in [4.69, 9.17) is 0 Å². The van der Waals surface area contributed by atoms with Crippen LogP contribution < -0.4 is 4.90 Å². The molecule has 2 heteroatoms. The summed E-state index contributed by atoms with van der Waals surface area (Å²) in [4.78, 5) is 2.52. The van der Waals surface area contributed by atoms with Gasteiger partial charge >= 0.3 is 0 Å². The molecular formula is C44H26N2. The summed E-state index contributed by atoms with van der Waals surface area (Å²) in [6, 6.07) is 58.2. The van der Waals surface area contributed by atoms with Crippen LogP contribution in [0.1, 0.15) is 0 Å². The van der Waals surface area contributed by atoms with Crippen LogP contribution in [0.2, 0.25) is 0 Å². The average Bonchev–Trinajstić information content (AvgIpc) is 3.45. The summed E-state index contributed by atoms with van der Waals surface area (Å²) in [6.45, 7) is 0. The molecule has 0 unspecified atom stereocenters. The molecule has 8 aromatic carbocycles. The second-order valence-corrected chi connectivity index (χ2v) is 12.5. The normalized spacial score (nSPS) is 12.7. The lowest BCUT2D eigenvalue weighted by molar-refractivity contribution is 1.18. The number of fused-ring (bicyclic) bond motifs is 8. The first-order chi connectivity index (χ1) is 22.8. The third-order valence-electron chi connectivity index (χ3n) is 10.2. The number of para-hydroxylation sites is 3. The van der Waals surface area contributed by atoms with Gasteiger partial charge in [0, 0.05) is 38.4 Å². The van der Waals surface area contributed by atoms with Crippen LogP contribution in [0.3, 0.4) is 0 Å². The number of aromatic nitrogens is 1. The Hall–Kier alpha value is -6.12. The van der Waals surface area contributed by atoms with Gasteiger partial charge in [0.2, 0.25) is 0 Å². The van der Waals surface area contributed by atoms with Gasteiger partial charge in [0.25, 0.3) is 0 Å². The summed E-state index contributed by atoms with van der Waals surface area (Å²) < 4.78 is 2.39. The fourth-order valence-corrected chi connectivity index (χ4v) is 8.35. The van der Waals surface area contributed by atoms with Gasteiger partial charge in [-0.05, 0) is 75.5 Å². The van der Waals surface area contributed by atoms with E-state index in [9.17, 15) is 0 Å². The highest BCUT2D eigenvalue weighted by Crippen LogP contribution is 2.59. The van der Waals surface area contributed by atoms with E-state index in [0.29, 0.717) is 0 Å². The van der Waals surface area contributed by atoms with E-state index in [0.717, 1.165) is 0 Å². The maximum atomic E-state index is 2.52. The highest BCUT2D eigenvalue weighted by molar-refractivity contribution is 6.26. The van der Waals surface area contributed by atoms with Crippen LogP contribution in [0.15, 0.2) is 158 Å². The maximum Gasteiger partial charge on any atom is 0.0625 e. The molecule has 0 spiro atoms. The van der Waals surface area contributed by atoms with E-state index >= 15 is 0 Å². The lowest BCUT2D eigenvalue weighted by Crippen LogP contribution is -2.19. The van der Waals surface area contributed by atoms with Crippen molar-refractivity contribution < 1.29 is 0 Å². The SMILES string of the molecule is c1ccc(-n2c3ccccc3c3cc(-c4ccc5c6c7c(ccc46)-c4cccc6cccc(c46)N7c4ccccc4-5)ccc32)cc1. The molecule has 0 saturated heterocycles. The molecule has 0 N–H and O–H groups in total. The molecule has 0 saturated carbocycles. The van der Waals surface area contributed by atoms with Gasteiger partial charge in [-0.2, -0.15) is 0 Å². The van der Waals surface area contributed by atoms with Crippen molar-refractivity contribution in [1.82, 2.24) is 4.57 Å². The molecule has 0 aliphatic carbocycles. The van der Waals surface area contributed by atoms with E-state index in [1.54, 1.807) is 0 Å². The Labute approximate surface area is 266 Å². The fraction of sp³-hybridized carbons (Fsp3) is 0. The van der Waals surface area contributed by atoms with Crippen molar-refractivity contribution >= 4 is 60.4 Å². The van der Waals surface area contributed by atoms with E-state index in [1.165, 1.54) is 99.5 Å². The van der Waals surface area contributed by atoms with Crippen molar-refractivity contribution in [1.29, 1.82) is 0 Å². The quantitative estimate of drug-likeness (QED) is 0.197. The minimum Gasteiger partial charge on any atom is -0.309 e. The zero-order valence-corrected chi connectivity index (χ0v) is 24.9. The summed E-state index contributed by atoms with van der Waals surface area (Å²) in [7, 11) is 0. The van der Waals surface area contributed by atoms with Crippen molar-refractivity contribution in [3.05, 3.63) is 158 Å². The summed E-state index contributed by atoms with van der Waals surface area (Å²) in [5, 5.41) is 7.76.